The first-order valence-electron chi connectivity index (χ1n) is 11.3. The molecule has 2 aromatic carbocycles. The maximum absolute atomic E-state index is 5.68. The fraction of sp³-hybridized carbons (Fsp3) is 0.346. The van der Waals surface area contributed by atoms with E-state index in [1.54, 1.807) is 0 Å². The second kappa shape index (κ2) is 9.35. The minimum absolute atomic E-state index is 0.440. The van der Waals surface area contributed by atoms with Crippen LogP contribution in [-0.2, 0) is 6.54 Å². The minimum atomic E-state index is 0.440. The summed E-state index contributed by atoms with van der Waals surface area (Å²) in [4.78, 5) is 6.41. The highest BCUT2D eigenvalue weighted by Gasteiger charge is 2.17. The van der Waals surface area contributed by atoms with Gasteiger partial charge in [-0.15, -0.1) is 0 Å². The molecule has 33 heavy (non-hydrogen) atoms. The van der Waals surface area contributed by atoms with Gasteiger partial charge in [0.25, 0.3) is 0 Å². The van der Waals surface area contributed by atoms with Crippen molar-refractivity contribution >= 4 is 17.9 Å². The van der Waals surface area contributed by atoms with E-state index in [-0.39, 0.29) is 0 Å². The van der Waals surface area contributed by atoms with Gasteiger partial charge in [-0.25, -0.2) is 4.98 Å². The zero-order chi connectivity index (χ0) is 23.7. The van der Waals surface area contributed by atoms with Gasteiger partial charge in [0.05, 0.1) is 12.0 Å². The molecular formula is C26H32N6S. The molecule has 1 N–H and O–H groups in total. The lowest BCUT2D eigenvalue weighted by Crippen LogP contribution is -2.23. The molecule has 0 radical (unpaired) electrons. The third kappa shape index (κ3) is 4.64. The van der Waals surface area contributed by atoms with Gasteiger partial charge in [-0.1, -0.05) is 26.0 Å². The summed E-state index contributed by atoms with van der Waals surface area (Å²) in [6.07, 6.45) is 5.65. The summed E-state index contributed by atoms with van der Waals surface area (Å²) in [5.41, 5.74) is 8.33. The maximum Gasteiger partial charge on any atom is 0.200 e. The first kappa shape index (κ1) is 23.0. The summed E-state index contributed by atoms with van der Waals surface area (Å²) in [6, 6.07) is 11.0. The van der Waals surface area contributed by atoms with E-state index < -0.39 is 0 Å². The van der Waals surface area contributed by atoms with E-state index in [1.165, 1.54) is 27.9 Å². The molecule has 6 nitrogen and oxygen atoms in total. The van der Waals surface area contributed by atoms with Crippen molar-refractivity contribution in [2.75, 3.05) is 18.5 Å². The first-order chi connectivity index (χ1) is 15.8. The molecule has 0 spiro atoms. The van der Waals surface area contributed by atoms with E-state index in [9.17, 15) is 0 Å². The van der Waals surface area contributed by atoms with Crippen LogP contribution in [0.3, 0.4) is 0 Å². The molecule has 0 saturated carbocycles. The fourth-order valence-corrected chi connectivity index (χ4v) is 4.64. The number of aromatic nitrogens is 5. The van der Waals surface area contributed by atoms with Crippen LogP contribution < -0.4 is 4.90 Å². The normalized spacial score (nSPS) is 11.4. The predicted octanol–water partition coefficient (Wildman–Crippen LogP) is 5.98. The highest BCUT2D eigenvalue weighted by atomic mass is 32.1. The highest BCUT2D eigenvalue weighted by Crippen LogP contribution is 2.32. The highest BCUT2D eigenvalue weighted by molar-refractivity contribution is 7.71. The standard InChI is InChI=1S/C26H32N6S/c1-17(2)22-15-23(20(5)13-19(22)4)25-28-29-26(33)32(25)21-8-7-18(3)24(14-21)30(6)11-12-31-10-9-27-16-31/h7-10,13-17H,11-12H2,1-6H3,(H,29,33). The molecule has 7 heteroatoms. The van der Waals surface area contributed by atoms with E-state index in [1.807, 2.05) is 23.3 Å². The lowest BCUT2D eigenvalue weighted by molar-refractivity contribution is 0.683. The van der Waals surface area contributed by atoms with Crippen LogP contribution in [0.5, 0.6) is 0 Å². The number of hydrogen-bond acceptors (Lipinski definition) is 4. The zero-order valence-electron chi connectivity index (χ0n) is 20.3. The molecule has 4 rings (SSSR count). The number of nitrogens with zero attached hydrogens (tertiary/aromatic N) is 5. The topological polar surface area (TPSA) is 54.7 Å². The SMILES string of the molecule is Cc1cc(C)c(C(C)C)cc1-c1n[nH]c(=S)n1-c1ccc(C)c(N(C)CCn2ccnc2)c1. The van der Waals surface area contributed by atoms with E-state index in [0.29, 0.717) is 10.7 Å². The van der Waals surface area contributed by atoms with E-state index in [0.717, 1.165) is 30.2 Å². The Morgan fingerprint density at radius 1 is 1.06 bits per heavy atom. The Kier molecular flexibility index (Phi) is 6.51. The van der Waals surface area contributed by atoms with E-state index >= 15 is 0 Å². The number of benzene rings is 2. The Morgan fingerprint density at radius 3 is 2.55 bits per heavy atom. The third-order valence-electron chi connectivity index (χ3n) is 6.26. The molecule has 2 heterocycles. The van der Waals surface area contributed by atoms with Gasteiger partial charge in [0.1, 0.15) is 0 Å². The third-order valence-corrected chi connectivity index (χ3v) is 6.54. The zero-order valence-corrected chi connectivity index (χ0v) is 21.1. The van der Waals surface area contributed by atoms with Crippen molar-refractivity contribution in [2.45, 2.75) is 47.1 Å². The number of likely N-dealkylation sites (N-methyl/N-ethyl adjacent to an activating group) is 1. The number of nitrogens with one attached hydrogen (secondary N) is 1. The Morgan fingerprint density at radius 2 is 1.85 bits per heavy atom. The molecule has 0 aliphatic rings. The van der Waals surface area contributed by atoms with Crippen LogP contribution in [0.2, 0.25) is 0 Å². The van der Waals surface area contributed by atoms with Crippen LogP contribution in [0.15, 0.2) is 49.1 Å². The van der Waals surface area contributed by atoms with Crippen molar-refractivity contribution in [2.24, 2.45) is 0 Å². The monoisotopic (exact) mass is 460 g/mol. The Bertz CT molecular complexity index is 1310. The summed E-state index contributed by atoms with van der Waals surface area (Å²) in [5.74, 6) is 1.28. The minimum Gasteiger partial charge on any atom is -0.373 e. The average Bonchev–Trinajstić information content (AvgIpc) is 3.42. The van der Waals surface area contributed by atoms with Gasteiger partial charge in [0.15, 0.2) is 10.6 Å². The summed E-state index contributed by atoms with van der Waals surface area (Å²) in [5, 5.41) is 7.67. The van der Waals surface area contributed by atoms with Gasteiger partial charge in [-0.3, -0.25) is 9.67 Å². The predicted molar refractivity (Wildman–Crippen MR) is 138 cm³/mol. The molecule has 2 aromatic heterocycles. The number of anilines is 1. The maximum atomic E-state index is 5.68. The number of imidazole rings is 1. The number of rotatable bonds is 7. The van der Waals surface area contributed by atoms with Crippen molar-refractivity contribution < 1.29 is 0 Å². The Hall–Kier alpha value is -3.19. The van der Waals surface area contributed by atoms with Crippen LogP contribution in [0.25, 0.3) is 17.1 Å². The molecular weight excluding hydrogens is 428 g/mol. The fourth-order valence-electron chi connectivity index (χ4n) is 4.40. The van der Waals surface area contributed by atoms with Gasteiger partial charge >= 0.3 is 0 Å². The number of H-pyrrole nitrogens is 1. The molecule has 0 bridgehead atoms. The second-order valence-corrected chi connectivity index (χ2v) is 9.45. The van der Waals surface area contributed by atoms with Crippen molar-refractivity contribution in [3.8, 4) is 17.1 Å². The molecule has 0 aliphatic carbocycles. The van der Waals surface area contributed by atoms with E-state index in [2.05, 4.69) is 96.6 Å². The molecule has 4 aromatic rings. The average molecular weight is 461 g/mol. The smallest absolute Gasteiger partial charge is 0.200 e. The quantitative estimate of drug-likeness (QED) is 0.345. The molecule has 0 atom stereocenters. The number of aryl methyl sites for hydroxylation is 3. The molecule has 0 fully saturated rings. The van der Waals surface area contributed by atoms with Gasteiger partial charge < -0.3 is 9.47 Å². The summed E-state index contributed by atoms with van der Waals surface area (Å²) >= 11 is 5.68. The second-order valence-electron chi connectivity index (χ2n) is 9.06. The molecule has 0 aliphatic heterocycles. The summed E-state index contributed by atoms with van der Waals surface area (Å²) < 4.78 is 4.72. The molecule has 172 valence electrons. The summed E-state index contributed by atoms with van der Waals surface area (Å²) in [6.45, 7) is 12.7. The first-order valence-corrected chi connectivity index (χ1v) is 11.7. The van der Waals surface area contributed by atoms with Crippen molar-refractivity contribution in [1.29, 1.82) is 0 Å². The van der Waals surface area contributed by atoms with Crippen molar-refractivity contribution in [3.05, 3.63) is 76.1 Å². The van der Waals surface area contributed by atoms with Gasteiger partial charge in [-0.2, -0.15) is 5.10 Å². The van der Waals surface area contributed by atoms with E-state index in [4.69, 9.17) is 12.2 Å². The van der Waals surface area contributed by atoms with Crippen LogP contribution in [-0.4, -0.2) is 37.9 Å². The molecule has 0 amide bonds. The molecule has 0 unspecified atom stereocenters. The van der Waals surface area contributed by atoms with Crippen molar-refractivity contribution in [3.63, 3.8) is 0 Å². The molecule has 0 saturated heterocycles. The van der Waals surface area contributed by atoms with Crippen LogP contribution in [0, 0.1) is 25.5 Å². The van der Waals surface area contributed by atoms with Crippen LogP contribution in [0.4, 0.5) is 5.69 Å². The largest absolute Gasteiger partial charge is 0.373 e. The van der Waals surface area contributed by atoms with Crippen LogP contribution >= 0.6 is 12.2 Å². The summed E-state index contributed by atoms with van der Waals surface area (Å²) in [7, 11) is 2.12. The Balaban J connectivity index is 1.75. The van der Waals surface area contributed by atoms with Gasteiger partial charge in [0, 0.05) is 43.8 Å². The van der Waals surface area contributed by atoms with Crippen molar-refractivity contribution in [1.82, 2.24) is 24.3 Å². The van der Waals surface area contributed by atoms with Gasteiger partial charge in [-0.05, 0) is 79.4 Å². The van der Waals surface area contributed by atoms with Crippen LogP contribution in [0.1, 0.15) is 42.0 Å². The lowest BCUT2D eigenvalue weighted by Gasteiger charge is -2.23. The number of hydrogen-bond donors (Lipinski definition) is 1. The Labute approximate surface area is 200 Å². The lowest BCUT2D eigenvalue weighted by atomic mass is 9.92. The number of aromatic amines is 1. The van der Waals surface area contributed by atoms with Gasteiger partial charge in [0.2, 0.25) is 0 Å².